The SMILES string of the molecule is CC(C)(C)OC(=O)c1ccc(SCC(=O)O)c(Cl)c1. The lowest BCUT2D eigenvalue weighted by atomic mass is 10.1. The zero-order valence-corrected chi connectivity index (χ0v) is 12.5. The molecule has 104 valence electrons. The van der Waals surface area contributed by atoms with E-state index in [0.717, 1.165) is 11.8 Å². The van der Waals surface area contributed by atoms with Crippen LogP contribution in [0.4, 0.5) is 0 Å². The van der Waals surface area contributed by atoms with Crippen LogP contribution in [0, 0.1) is 0 Å². The van der Waals surface area contributed by atoms with Crippen molar-refractivity contribution in [2.45, 2.75) is 31.3 Å². The minimum absolute atomic E-state index is 0.0779. The van der Waals surface area contributed by atoms with Crippen molar-refractivity contribution >= 4 is 35.3 Å². The molecule has 0 unspecified atom stereocenters. The Kier molecular flexibility index (Phi) is 5.26. The van der Waals surface area contributed by atoms with Gasteiger partial charge in [0, 0.05) is 4.90 Å². The van der Waals surface area contributed by atoms with Crippen molar-refractivity contribution in [3.8, 4) is 0 Å². The lowest BCUT2D eigenvalue weighted by Gasteiger charge is -2.19. The Labute approximate surface area is 121 Å². The van der Waals surface area contributed by atoms with E-state index in [0.29, 0.717) is 15.5 Å². The van der Waals surface area contributed by atoms with E-state index in [1.807, 2.05) is 0 Å². The maximum atomic E-state index is 11.8. The Balaban J connectivity index is 2.81. The zero-order chi connectivity index (χ0) is 14.6. The van der Waals surface area contributed by atoms with Crippen LogP contribution in [-0.2, 0) is 9.53 Å². The molecule has 0 saturated carbocycles. The Bertz CT molecular complexity index is 494. The topological polar surface area (TPSA) is 63.6 Å². The van der Waals surface area contributed by atoms with Gasteiger partial charge < -0.3 is 9.84 Å². The average Bonchev–Trinajstić information content (AvgIpc) is 2.24. The molecule has 0 spiro atoms. The Morgan fingerprint density at radius 2 is 2.00 bits per heavy atom. The summed E-state index contributed by atoms with van der Waals surface area (Å²) in [5.41, 5.74) is -0.222. The molecule has 0 atom stereocenters. The number of carbonyl (C=O) groups excluding carboxylic acids is 1. The highest BCUT2D eigenvalue weighted by Gasteiger charge is 2.18. The van der Waals surface area contributed by atoms with Gasteiger partial charge in [-0.1, -0.05) is 11.6 Å². The van der Waals surface area contributed by atoms with Gasteiger partial charge in [-0.15, -0.1) is 11.8 Å². The molecule has 4 nitrogen and oxygen atoms in total. The number of ether oxygens (including phenoxy) is 1. The average molecular weight is 303 g/mol. The Morgan fingerprint density at radius 1 is 1.37 bits per heavy atom. The predicted molar refractivity (Wildman–Crippen MR) is 75.0 cm³/mol. The lowest BCUT2D eigenvalue weighted by molar-refractivity contribution is -0.133. The first-order valence-corrected chi connectivity index (χ1v) is 6.93. The van der Waals surface area contributed by atoms with Crippen LogP contribution in [-0.4, -0.2) is 28.4 Å². The summed E-state index contributed by atoms with van der Waals surface area (Å²) in [6.45, 7) is 5.34. The van der Waals surface area contributed by atoms with Crippen molar-refractivity contribution in [3.63, 3.8) is 0 Å². The van der Waals surface area contributed by atoms with Crippen LogP contribution in [0.15, 0.2) is 23.1 Å². The highest BCUT2D eigenvalue weighted by molar-refractivity contribution is 8.00. The molecular weight excluding hydrogens is 288 g/mol. The third-order valence-corrected chi connectivity index (χ3v) is 3.40. The van der Waals surface area contributed by atoms with Gasteiger partial charge in [-0.2, -0.15) is 0 Å². The fourth-order valence-electron chi connectivity index (χ4n) is 1.22. The first kappa shape index (κ1) is 15.9. The van der Waals surface area contributed by atoms with E-state index >= 15 is 0 Å². The predicted octanol–water partition coefficient (Wildman–Crippen LogP) is 3.47. The smallest absolute Gasteiger partial charge is 0.338 e. The normalized spacial score (nSPS) is 11.2. The van der Waals surface area contributed by atoms with Crippen molar-refractivity contribution in [3.05, 3.63) is 28.8 Å². The van der Waals surface area contributed by atoms with Crippen molar-refractivity contribution < 1.29 is 19.4 Å². The third-order valence-electron chi connectivity index (χ3n) is 1.92. The van der Waals surface area contributed by atoms with E-state index in [4.69, 9.17) is 21.4 Å². The van der Waals surface area contributed by atoms with Crippen molar-refractivity contribution in [2.75, 3.05) is 5.75 Å². The van der Waals surface area contributed by atoms with Crippen LogP contribution in [0.3, 0.4) is 0 Å². The van der Waals surface area contributed by atoms with Gasteiger partial charge in [0.15, 0.2) is 0 Å². The molecule has 1 N–H and O–H groups in total. The molecule has 19 heavy (non-hydrogen) atoms. The minimum atomic E-state index is -0.919. The summed E-state index contributed by atoms with van der Waals surface area (Å²) in [4.78, 5) is 22.9. The van der Waals surface area contributed by atoms with Crippen LogP contribution < -0.4 is 0 Å². The fraction of sp³-hybridized carbons (Fsp3) is 0.385. The van der Waals surface area contributed by atoms with Gasteiger partial charge in [-0.25, -0.2) is 4.79 Å². The van der Waals surface area contributed by atoms with Crippen LogP contribution in [0.5, 0.6) is 0 Å². The molecule has 0 amide bonds. The van der Waals surface area contributed by atoms with Gasteiger partial charge in [-0.3, -0.25) is 4.79 Å². The number of carboxylic acid groups (broad SMARTS) is 1. The minimum Gasteiger partial charge on any atom is -0.481 e. The number of esters is 1. The number of hydrogen-bond acceptors (Lipinski definition) is 4. The Morgan fingerprint density at radius 3 is 2.47 bits per heavy atom. The number of aliphatic carboxylic acids is 1. The van der Waals surface area contributed by atoms with Gasteiger partial charge in [0.25, 0.3) is 0 Å². The quantitative estimate of drug-likeness (QED) is 0.681. The fourth-order valence-corrected chi connectivity index (χ4v) is 2.21. The Hall–Kier alpha value is -1.20. The van der Waals surface area contributed by atoms with Crippen LogP contribution in [0.1, 0.15) is 31.1 Å². The summed E-state index contributed by atoms with van der Waals surface area (Å²) in [7, 11) is 0. The molecular formula is C13H15ClO4S. The van der Waals surface area contributed by atoms with E-state index in [9.17, 15) is 9.59 Å². The molecule has 0 fully saturated rings. The van der Waals surface area contributed by atoms with Crippen molar-refractivity contribution in [1.29, 1.82) is 0 Å². The summed E-state index contributed by atoms with van der Waals surface area (Å²) in [6.07, 6.45) is 0. The molecule has 1 aromatic carbocycles. The van der Waals surface area contributed by atoms with Gasteiger partial charge in [0.1, 0.15) is 5.60 Å². The summed E-state index contributed by atoms with van der Waals surface area (Å²) in [5.74, 6) is -1.45. The van der Waals surface area contributed by atoms with E-state index in [2.05, 4.69) is 0 Å². The maximum Gasteiger partial charge on any atom is 0.338 e. The molecule has 0 aliphatic carbocycles. The highest BCUT2D eigenvalue weighted by Crippen LogP contribution is 2.28. The molecule has 0 saturated heterocycles. The second-order valence-electron chi connectivity index (χ2n) is 4.83. The molecule has 0 aromatic heterocycles. The standard InChI is InChI=1S/C13H15ClO4S/c1-13(2,3)18-12(17)8-4-5-10(9(14)6-8)19-7-11(15)16/h4-6H,7H2,1-3H3,(H,15,16). The van der Waals surface area contributed by atoms with Gasteiger partial charge in [-0.05, 0) is 39.0 Å². The van der Waals surface area contributed by atoms with Crippen molar-refractivity contribution in [2.24, 2.45) is 0 Å². The van der Waals surface area contributed by atoms with Crippen LogP contribution in [0.25, 0.3) is 0 Å². The number of carbonyl (C=O) groups is 2. The number of halogens is 1. The van der Waals surface area contributed by atoms with E-state index in [1.165, 1.54) is 6.07 Å². The number of carboxylic acids is 1. The largest absolute Gasteiger partial charge is 0.481 e. The second kappa shape index (κ2) is 6.30. The molecule has 0 aliphatic heterocycles. The van der Waals surface area contributed by atoms with E-state index < -0.39 is 17.5 Å². The molecule has 6 heteroatoms. The zero-order valence-electron chi connectivity index (χ0n) is 10.9. The number of rotatable bonds is 4. The second-order valence-corrected chi connectivity index (χ2v) is 6.25. The first-order chi connectivity index (χ1) is 8.69. The van der Waals surface area contributed by atoms with Crippen LogP contribution >= 0.6 is 23.4 Å². The van der Waals surface area contributed by atoms with Crippen molar-refractivity contribution in [1.82, 2.24) is 0 Å². The molecule has 0 radical (unpaired) electrons. The number of benzene rings is 1. The van der Waals surface area contributed by atoms with Gasteiger partial charge in [0.2, 0.25) is 0 Å². The number of hydrogen-bond donors (Lipinski definition) is 1. The monoisotopic (exact) mass is 302 g/mol. The molecule has 1 rings (SSSR count). The number of thioether (sulfide) groups is 1. The molecule has 0 bridgehead atoms. The van der Waals surface area contributed by atoms with Gasteiger partial charge >= 0.3 is 11.9 Å². The summed E-state index contributed by atoms with van der Waals surface area (Å²) in [6, 6.07) is 4.68. The highest BCUT2D eigenvalue weighted by atomic mass is 35.5. The first-order valence-electron chi connectivity index (χ1n) is 5.56. The molecule has 1 aromatic rings. The lowest BCUT2D eigenvalue weighted by Crippen LogP contribution is -2.23. The summed E-state index contributed by atoms with van der Waals surface area (Å²) in [5, 5.41) is 8.94. The summed E-state index contributed by atoms with van der Waals surface area (Å²) >= 11 is 7.11. The third kappa shape index (κ3) is 5.53. The van der Waals surface area contributed by atoms with Gasteiger partial charge in [0.05, 0.1) is 16.3 Å². The summed E-state index contributed by atoms with van der Waals surface area (Å²) < 4.78 is 5.22. The maximum absolute atomic E-state index is 11.8. The van der Waals surface area contributed by atoms with E-state index in [-0.39, 0.29) is 5.75 Å². The van der Waals surface area contributed by atoms with Crippen LogP contribution in [0.2, 0.25) is 5.02 Å². The molecule has 0 aliphatic rings. The van der Waals surface area contributed by atoms with E-state index in [1.54, 1.807) is 32.9 Å². The molecule has 0 heterocycles.